The second kappa shape index (κ2) is 6.99. The summed E-state index contributed by atoms with van der Waals surface area (Å²) < 4.78 is 38.3. The summed E-state index contributed by atoms with van der Waals surface area (Å²) in [5, 5.41) is 0.469. The van der Waals surface area contributed by atoms with Gasteiger partial charge in [-0.05, 0) is 12.8 Å². The molecule has 0 bridgehead atoms. The van der Waals surface area contributed by atoms with E-state index in [0.717, 1.165) is 25.2 Å². The molecule has 3 rings (SSSR count). The molecule has 0 unspecified atom stereocenters. The van der Waals surface area contributed by atoms with Gasteiger partial charge in [-0.25, -0.2) is 19.9 Å². The van der Waals surface area contributed by atoms with Crippen molar-refractivity contribution in [3.05, 3.63) is 35.5 Å². The minimum Gasteiger partial charge on any atom is -0.356 e. The topological polar surface area (TPSA) is 58.0 Å². The van der Waals surface area contributed by atoms with Gasteiger partial charge in [0, 0.05) is 32.2 Å². The van der Waals surface area contributed by atoms with E-state index in [1.165, 1.54) is 12.4 Å². The number of hydrogen-bond acceptors (Lipinski definition) is 6. The van der Waals surface area contributed by atoms with E-state index in [0.29, 0.717) is 29.9 Å². The third-order valence-corrected chi connectivity index (χ3v) is 4.40. The lowest BCUT2D eigenvalue weighted by atomic mass is 10.0. The van der Waals surface area contributed by atoms with E-state index in [1.807, 2.05) is 16.8 Å². The first kappa shape index (κ1) is 17.7. The largest absolute Gasteiger partial charge is 0.433 e. The number of alkyl halides is 3. The molecule has 1 aliphatic rings. The van der Waals surface area contributed by atoms with Gasteiger partial charge in [-0.3, -0.25) is 0 Å². The molecule has 0 saturated carbocycles. The molecule has 0 spiro atoms. The maximum Gasteiger partial charge on any atom is 0.433 e. The Morgan fingerprint density at radius 1 is 1.12 bits per heavy atom. The molecule has 134 valence electrons. The van der Waals surface area contributed by atoms with E-state index in [9.17, 15) is 13.2 Å². The second-order valence-electron chi connectivity index (χ2n) is 5.79. The molecule has 0 amide bonds. The number of hydrogen-bond donors (Lipinski definition) is 0. The number of rotatable bonds is 3. The van der Waals surface area contributed by atoms with Crippen LogP contribution in [-0.2, 0) is 6.18 Å². The summed E-state index contributed by atoms with van der Waals surface area (Å²) in [6.07, 6.45) is 1.08. The lowest BCUT2D eigenvalue weighted by Gasteiger charge is -2.37. The van der Waals surface area contributed by atoms with Gasteiger partial charge < -0.3 is 9.80 Å². The summed E-state index contributed by atoms with van der Waals surface area (Å²) in [7, 11) is 1.90. The number of anilines is 2. The van der Waals surface area contributed by atoms with Crippen molar-refractivity contribution in [2.24, 2.45) is 0 Å². The Hall–Kier alpha value is -2.16. The van der Waals surface area contributed by atoms with Gasteiger partial charge in [-0.15, -0.1) is 0 Å². The molecule has 3 heterocycles. The van der Waals surface area contributed by atoms with E-state index in [-0.39, 0.29) is 6.04 Å². The summed E-state index contributed by atoms with van der Waals surface area (Å²) in [5.74, 6) is 0.871. The van der Waals surface area contributed by atoms with E-state index >= 15 is 0 Å². The van der Waals surface area contributed by atoms with Crippen molar-refractivity contribution in [3.63, 3.8) is 0 Å². The van der Waals surface area contributed by atoms with Crippen molar-refractivity contribution in [2.75, 3.05) is 29.9 Å². The Balaban J connectivity index is 1.65. The minimum atomic E-state index is -4.47. The minimum absolute atomic E-state index is 0.196. The Morgan fingerprint density at radius 3 is 2.36 bits per heavy atom. The molecule has 2 aromatic heterocycles. The average molecular weight is 373 g/mol. The van der Waals surface area contributed by atoms with Crippen LogP contribution in [0.1, 0.15) is 18.5 Å². The number of nitrogens with zero attached hydrogens (tertiary/aromatic N) is 6. The molecule has 0 N–H and O–H groups in total. The standard InChI is InChI=1S/C15H16ClF3N6/c1-24(14-20-7-10(16)8-21-14)11-2-4-25(5-3-11)13-6-12(15(17,18)19)22-9-23-13/h6-9,11H,2-5H2,1H3. The zero-order chi connectivity index (χ0) is 18.0. The molecule has 0 radical (unpaired) electrons. The highest BCUT2D eigenvalue weighted by atomic mass is 35.5. The Labute approximate surface area is 147 Å². The molecular weight excluding hydrogens is 357 g/mol. The van der Waals surface area contributed by atoms with E-state index < -0.39 is 11.9 Å². The molecule has 6 nitrogen and oxygen atoms in total. The predicted molar refractivity (Wildman–Crippen MR) is 87.7 cm³/mol. The van der Waals surface area contributed by atoms with Crippen LogP contribution in [0, 0.1) is 0 Å². The SMILES string of the molecule is CN(c1ncc(Cl)cn1)C1CCN(c2cc(C(F)(F)F)ncn2)CC1. The Kier molecular flexibility index (Phi) is 4.94. The first-order valence-electron chi connectivity index (χ1n) is 7.69. The predicted octanol–water partition coefficient (Wildman–Crippen LogP) is 3.04. The van der Waals surface area contributed by atoms with Gasteiger partial charge >= 0.3 is 6.18 Å². The van der Waals surface area contributed by atoms with Gasteiger partial charge in [-0.1, -0.05) is 11.6 Å². The van der Waals surface area contributed by atoms with Gasteiger partial charge in [0.15, 0.2) is 0 Å². The fourth-order valence-corrected chi connectivity index (χ4v) is 2.91. The lowest BCUT2D eigenvalue weighted by Crippen LogP contribution is -2.44. The van der Waals surface area contributed by atoms with Crippen molar-refractivity contribution in [1.29, 1.82) is 0 Å². The van der Waals surface area contributed by atoms with Crippen LogP contribution in [-0.4, -0.2) is 46.1 Å². The number of aromatic nitrogens is 4. The number of halogens is 4. The molecule has 10 heteroatoms. The van der Waals surface area contributed by atoms with Gasteiger partial charge in [0.2, 0.25) is 5.95 Å². The van der Waals surface area contributed by atoms with E-state index in [2.05, 4.69) is 19.9 Å². The van der Waals surface area contributed by atoms with Crippen molar-refractivity contribution >= 4 is 23.4 Å². The molecule has 1 aliphatic heterocycles. The molecule has 2 aromatic rings. The van der Waals surface area contributed by atoms with Crippen LogP contribution >= 0.6 is 11.6 Å². The van der Waals surface area contributed by atoms with Gasteiger partial charge in [0.05, 0.1) is 17.4 Å². The first-order chi connectivity index (χ1) is 11.8. The van der Waals surface area contributed by atoms with Crippen molar-refractivity contribution in [1.82, 2.24) is 19.9 Å². The van der Waals surface area contributed by atoms with Crippen LogP contribution in [0.4, 0.5) is 24.9 Å². The average Bonchev–Trinajstić information content (AvgIpc) is 2.61. The van der Waals surface area contributed by atoms with Crippen molar-refractivity contribution in [3.8, 4) is 0 Å². The fourth-order valence-electron chi connectivity index (χ4n) is 2.81. The normalized spacial score (nSPS) is 16.1. The van der Waals surface area contributed by atoms with Gasteiger partial charge in [-0.2, -0.15) is 13.2 Å². The van der Waals surface area contributed by atoms with Crippen molar-refractivity contribution < 1.29 is 13.2 Å². The van der Waals surface area contributed by atoms with Gasteiger partial charge in [0.1, 0.15) is 17.8 Å². The fraction of sp³-hybridized carbons (Fsp3) is 0.467. The highest BCUT2D eigenvalue weighted by molar-refractivity contribution is 6.30. The number of piperidine rings is 1. The third kappa shape index (κ3) is 4.09. The quantitative estimate of drug-likeness (QED) is 0.825. The van der Waals surface area contributed by atoms with Crippen LogP contribution in [0.25, 0.3) is 0 Å². The zero-order valence-electron chi connectivity index (χ0n) is 13.4. The summed E-state index contributed by atoms with van der Waals surface area (Å²) in [4.78, 5) is 19.5. The molecule has 25 heavy (non-hydrogen) atoms. The first-order valence-corrected chi connectivity index (χ1v) is 8.07. The smallest absolute Gasteiger partial charge is 0.356 e. The van der Waals surface area contributed by atoms with Crippen LogP contribution in [0.5, 0.6) is 0 Å². The van der Waals surface area contributed by atoms with Crippen LogP contribution in [0.3, 0.4) is 0 Å². The van der Waals surface area contributed by atoms with Crippen LogP contribution in [0.15, 0.2) is 24.8 Å². The molecule has 1 fully saturated rings. The molecule has 0 aromatic carbocycles. The molecule has 0 atom stereocenters. The maximum atomic E-state index is 12.8. The second-order valence-corrected chi connectivity index (χ2v) is 6.23. The highest BCUT2D eigenvalue weighted by Crippen LogP contribution is 2.30. The van der Waals surface area contributed by atoms with E-state index in [4.69, 9.17) is 11.6 Å². The lowest BCUT2D eigenvalue weighted by molar-refractivity contribution is -0.141. The molecular formula is C15H16ClF3N6. The van der Waals surface area contributed by atoms with Crippen molar-refractivity contribution in [2.45, 2.75) is 25.1 Å². The molecule has 0 aliphatic carbocycles. The third-order valence-electron chi connectivity index (χ3n) is 4.20. The van der Waals surface area contributed by atoms with Crippen LogP contribution in [0.2, 0.25) is 5.02 Å². The Bertz CT molecular complexity index is 716. The summed E-state index contributed by atoms with van der Waals surface area (Å²) in [6.45, 7) is 1.19. The summed E-state index contributed by atoms with van der Waals surface area (Å²) in [6, 6.07) is 1.19. The highest BCUT2D eigenvalue weighted by Gasteiger charge is 2.33. The van der Waals surface area contributed by atoms with Gasteiger partial charge in [0.25, 0.3) is 0 Å². The maximum absolute atomic E-state index is 12.8. The summed E-state index contributed by atoms with van der Waals surface area (Å²) >= 11 is 5.79. The van der Waals surface area contributed by atoms with E-state index in [1.54, 1.807) is 0 Å². The monoisotopic (exact) mass is 372 g/mol. The molecule has 1 saturated heterocycles. The summed E-state index contributed by atoms with van der Waals surface area (Å²) in [5.41, 5.74) is -0.925. The Morgan fingerprint density at radius 2 is 1.76 bits per heavy atom. The zero-order valence-corrected chi connectivity index (χ0v) is 14.2. The van der Waals surface area contributed by atoms with Crippen LogP contribution < -0.4 is 9.80 Å².